The second-order valence-corrected chi connectivity index (χ2v) is 7.86. The molecule has 0 fully saturated rings. The molecule has 4 aromatic rings. The number of ether oxygens (including phenoxy) is 3. The molecule has 0 saturated carbocycles. The average molecular weight is 471 g/mol. The molecular formula is C28H26N2O5. The number of aromatic nitrogens is 1. The van der Waals surface area contributed by atoms with Crippen molar-refractivity contribution in [2.75, 3.05) is 25.6 Å². The Bertz CT molecular complexity index is 1370. The number of fused-ring (bicyclic) bond motifs is 1. The zero-order valence-electron chi connectivity index (χ0n) is 19.8. The first-order valence-corrected chi connectivity index (χ1v) is 11.2. The number of carbonyl (C=O) groups is 2. The van der Waals surface area contributed by atoms with E-state index >= 15 is 0 Å². The third-order valence-electron chi connectivity index (χ3n) is 5.37. The van der Waals surface area contributed by atoms with E-state index in [1.54, 1.807) is 56.5 Å². The third kappa shape index (κ3) is 5.58. The van der Waals surface area contributed by atoms with Gasteiger partial charge in [0.25, 0.3) is 5.91 Å². The van der Waals surface area contributed by atoms with Gasteiger partial charge in [-0.25, -0.2) is 9.78 Å². The van der Waals surface area contributed by atoms with Crippen molar-refractivity contribution in [1.29, 1.82) is 0 Å². The quantitative estimate of drug-likeness (QED) is 0.346. The maximum Gasteiger partial charge on any atom is 0.338 e. The lowest BCUT2D eigenvalue weighted by molar-refractivity contribution is -0.118. The SMILES string of the molecule is CCOC(=O)c1ccc2nc(-c3ccc(C)cc3)cc(OCC(=O)Nc3ccccc3OC)c2c1. The molecule has 1 N–H and O–H groups in total. The van der Waals surface area contributed by atoms with Gasteiger partial charge in [-0.15, -0.1) is 0 Å². The number of hydrogen-bond acceptors (Lipinski definition) is 6. The minimum atomic E-state index is -0.433. The van der Waals surface area contributed by atoms with Gasteiger partial charge in [0, 0.05) is 17.0 Å². The highest BCUT2D eigenvalue weighted by Crippen LogP contribution is 2.31. The average Bonchev–Trinajstić information content (AvgIpc) is 2.87. The molecule has 178 valence electrons. The van der Waals surface area contributed by atoms with Gasteiger partial charge in [0.1, 0.15) is 11.5 Å². The Morgan fingerprint density at radius 3 is 2.46 bits per heavy atom. The molecule has 0 radical (unpaired) electrons. The van der Waals surface area contributed by atoms with Crippen LogP contribution in [-0.4, -0.2) is 37.2 Å². The van der Waals surface area contributed by atoms with Gasteiger partial charge < -0.3 is 19.5 Å². The highest BCUT2D eigenvalue weighted by molar-refractivity contribution is 5.98. The van der Waals surface area contributed by atoms with Crippen molar-refractivity contribution in [3.05, 3.63) is 83.9 Å². The molecular weight excluding hydrogens is 444 g/mol. The third-order valence-corrected chi connectivity index (χ3v) is 5.37. The molecule has 7 nitrogen and oxygen atoms in total. The van der Waals surface area contributed by atoms with Crippen LogP contribution in [0, 0.1) is 6.92 Å². The first-order chi connectivity index (χ1) is 17.0. The maximum absolute atomic E-state index is 12.7. The first-order valence-electron chi connectivity index (χ1n) is 11.2. The Kier molecular flexibility index (Phi) is 7.26. The topological polar surface area (TPSA) is 86.8 Å². The first kappa shape index (κ1) is 23.8. The highest BCUT2D eigenvalue weighted by Gasteiger charge is 2.15. The lowest BCUT2D eigenvalue weighted by atomic mass is 10.1. The molecule has 0 aliphatic heterocycles. The largest absolute Gasteiger partial charge is 0.495 e. The molecule has 1 aromatic heterocycles. The number of benzene rings is 3. The Hall–Kier alpha value is -4.39. The molecule has 0 bridgehead atoms. The van der Waals surface area contributed by atoms with Gasteiger partial charge in [-0.1, -0.05) is 42.0 Å². The predicted molar refractivity (Wildman–Crippen MR) is 135 cm³/mol. The minimum absolute atomic E-state index is 0.242. The molecule has 0 unspecified atom stereocenters. The lowest BCUT2D eigenvalue weighted by Crippen LogP contribution is -2.20. The summed E-state index contributed by atoms with van der Waals surface area (Å²) in [4.78, 5) is 29.7. The van der Waals surface area contributed by atoms with E-state index in [9.17, 15) is 9.59 Å². The number of hydrogen-bond donors (Lipinski definition) is 1. The minimum Gasteiger partial charge on any atom is -0.495 e. The fourth-order valence-electron chi connectivity index (χ4n) is 3.61. The zero-order chi connectivity index (χ0) is 24.8. The molecule has 4 rings (SSSR count). The van der Waals surface area contributed by atoms with Crippen LogP contribution in [0.1, 0.15) is 22.8 Å². The Labute approximate surface area is 203 Å². The smallest absolute Gasteiger partial charge is 0.338 e. The number of rotatable bonds is 8. The number of anilines is 1. The second-order valence-electron chi connectivity index (χ2n) is 7.86. The Morgan fingerprint density at radius 2 is 1.71 bits per heavy atom. The van der Waals surface area contributed by atoms with Gasteiger partial charge >= 0.3 is 5.97 Å². The summed E-state index contributed by atoms with van der Waals surface area (Å²) >= 11 is 0. The highest BCUT2D eigenvalue weighted by atomic mass is 16.5. The van der Waals surface area contributed by atoms with Gasteiger partial charge in [-0.2, -0.15) is 0 Å². The van der Waals surface area contributed by atoms with E-state index in [0.29, 0.717) is 39.3 Å². The van der Waals surface area contributed by atoms with Crippen LogP contribution < -0.4 is 14.8 Å². The van der Waals surface area contributed by atoms with Crippen LogP contribution in [0.3, 0.4) is 0 Å². The summed E-state index contributed by atoms with van der Waals surface area (Å²) in [5, 5.41) is 3.41. The van der Waals surface area contributed by atoms with E-state index in [1.165, 1.54) is 0 Å². The van der Waals surface area contributed by atoms with E-state index in [2.05, 4.69) is 5.32 Å². The molecule has 35 heavy (non-hydrogen) atoms. The summed E-state index contributed by atoms with van der Waals surface area (Å²) in [6.07, 6.45) is 0. The van der Waals surface area contributed by atoms with Crippen LogP contribution in [0.15, 0.2) is 72.8 Å². The van der Waals surface area contributed by atoms with E-state index in [0.717, 1.165) is 11.1 Å². The normalized spacial score (nSPS) is 10.6. The van der Waals surface area contributed by atoms with Crippen molar-refractivity contribution in [2.24, 2.45) is 0 Å². The van der Waals surface area contributed by atoms with Gasteiger partial charge in [0.15, 0.2) is 6.61 Å². The van der Waals surface area contributed by atoms with Gasteiger partial charge in [-0.05, 0) is 44.2 Å². The number of aryl methyl sites for hydroxylation is 1. The monoisotopic (exact) mass is 470 g/mol. The number of nitrogens with zero attached hydrogens (tertiary/aromatic N) is 1. The van der Waals surface area contributed by atoms with Crippen molar-refractivity contribution >= 4 is 28.5 Å². The zero-order valence-corrected chi connectivity index (χ0v) is 19.8. The number of pyridine rings is 1. The van der Waals surface area contributed by atoms with Gasteiger partial charge in [0.05, 0.1) is 36.2 Å². The number of nitrogens with one attached hydrogen (secondary N) is 1. The predicted octanol–water partition coefficient (Wildman–Crippen LogP) is 5.41. The molecule has 3 aromatic carbocycles. The molecule has 0 aliphatic rings. The summed E-state index contributed by atoms with van der Waals surface area (Å²) in [6, 6.07) is 22.0. The van der Waals surface area contributed by atoms with Crippen LogP contribution in [0.25, 0.3) is 22.2 Å². The lowest BCUT2D eigenvalue weighted by Gasteiger charge is -2.14. The molecule has 7 heteroatoms. The van der Waals surface area contributed by atoms with Crippen molar-refractivity contribution in [2.45, 2.75) is 13.8 Å². The summed E-state index contributed by atoms with van der Waals surface area (Å²) in [5.74, 6) is 0.206. The number of esters is 1. The van der Waals surface area contributed by atoms with E-state index < -0.39 is 5.97 Å². The summed E-state index contributed by atoms with van der Waals surface area (Å²) in [7, 11) is 1.54. The van der Waals surface area contributed by atoms with Gasteiger partial charge in [0.2, 0.25) is 0 Å². The van der Waals surface area contributed by atoms with Crippen LogP contribution in [0.5, 0.6) is 11.5 Å². The molecule has 1 amide bonds. The maximum atomic E-state index is 12.7. The fraction of sp³-hybridized carbons (Fsp3) is 0.179. The van der Waals surface area contributed by atoms with E-state index in [4.69, 9.17) is 19.2 Å². The number of amides is 1. The number of carbonyl (C=O) groups excluding carboxylic acids is 2. The summed E-state index contributed by atoms with van der Waals surface area (Å²) in [6.45, 7) is 3.80. The summed E-state index contributed by atoms with van der Waals surface area (Å²) < 4.78 is 16.4. The number of para-hydroxylation sites is 2. The van der Waals surface area contributed by atoms with Gasteiger partial charge in [-0.3, -0.25) is 4.79 Å². The molecule has 0 atom stereocenters. The number of methoxy groups -OCH3 is 1. The summed E-state index contributed by atoms with van der Waals surface area (Å²) in [5.41, 5.74) is 4.31. The molecule has 0 aliphatic carbocycles. The van der Waals surface area contributed by atoms with Crippen LogP contribution in [-0.2, 0) is 9.53 Å². The van der Waals surface area contributed by atoms with Crippen molar-refractivity contribution in [1.82, 2.24) is 4.98 Å². The fourth-order valence-corrected chi connectivity index (χ4v) is 3.61. The molecule has 1 heterocycles. The van der Waals surface area contributed by atoms with Crippen molar-refractivity contribution < 1.29 is 23.8 Å². The van der Waals surface area contributed by atoms with Crippen LogP contribution in [0.2, 0.25) is 0 Å². The Balaban J connectivity index is 1.66. The van der Waals surface area contributed by atoms with Crippen LogP contribution in [0.4, 0.5) is 5.69 Å². The second kappa shape index (κ2) is 10.7. The van der Waals surface area contributed by atoms with Crippen LogP contribution >= 0.6 is 0 Å². The van der Waals surface area contributed by atoms with E-state index in [1.807, 2.05) is 37.3 Å². The van der Waals surface area contributed by atoms with Crippen molar-refractivity contribution in [3.63, 3.8) is 0 Å². The molecule has 0 saturated heterocycles. The van der Waals surface area contributed by atoms with E-state index in [-0.39, 0.29) is 19.1 Å². The Morgan fingerprint density at radius 1 is 0.943 bits per heavy atom. The van der Waals surface area contributed by atoms with Crippen molar-refractivity contribution in [3.8, 4) is 22.8 Å². The molecule has 0 spiro atoms. The standard InChI is InChI=1S/C28H26N2O5/c1-4-34-28(32)20-13-14-22-21(15-20)26(16-24(29-22)19-11-9-18(2)10-12-19)35-17-27(31)30-23-7-5-6-8-25(23)33-3/h5-16H,4,17H2,1-3H3,(H,30,31).